The number of anilines is 11. The lowest BCUT2D eigenvalue weighted by Crippen LogP contribution is -2.13. The van der Waals surface area contributed by atoms with E-state index in [-0.39, 0.29) is 0 Å². The van der Waals surface area contributed by atoms with E-state index in [0.29, 0.717) is 0 Å². The third-order valence-corrected chi connectivity index (χ3v) is 16.7. The summed E-state index contributed by atoms with van der Waals surface area (Å²) in [6.07, 6.45) is 0. The highest BCUT2D eigenvalue weighted by Crippen LogP contribution is 2.51. The summed E-state index contributed by atoms with van der Waals surface area (Å²) in [7, 11) is 0. The summed E-state index contributed by atoms with van der Waals surface area (Å²) in [5, 5.41) is 3.30. The number of nitrogens with one attached hydrogen (secondary N) is 1. The van der Waals surface area contributed by atoms with Crippen LogP contribution in [0.2, 0.25) is 0 Å². The topological polar surface area (TPSA) is 21.8 Å². The second-order valence-corrected chi connectivity index (χ2v) is 22.8. The van der Waals surface area contributed by atoms with E-state index in [1.165, 1.54) is 50.4 Å². The second-order valence-electron chi connectivity index (χ2n) is 21.1. The highest BCUT2D eigenvalue weighted by molar-refractivity contribution is 9.11. The van der Waals surface area contributed by atoms with Crippen LogP contribution >= 0.6 is 31.9 Å². The Morgan fingerprint density at radius 1 is 0.211 bits per heavy atom. The summed E-state index contributed by atoms with van der Waals surface area (Å²) in [6, 6.07) is 133. The van der Waals surface area contributed by atoms with Gasteiger partial charge in [-0.15, -0.1) is 0 Å². The van der Waals surface area contributed by atoms with Gasteiger partial charge in [0.1, 0.15) is 0 Å². The Labute approximate surface area is 546 Å². The Morgan fingerprint density at radius 3 is 0.789 bits per heavy atom. The van der Waals surface area contributed by atoms with Gasteiger partial charge in [0.05, 0.1) is 22.7 Å². The van der Waals surface area contributed by atoms with Crippen LogP contribution in [0.15, 0.2) is 391 Å². The lowest BCUT2D eigenvalue weighted by atomic mass is 9.95. The minimum atomic E-state index is 1.12. The minimum absolute atomic E-state index is 1.12. The first-order valence-corrected chi connectivity index (χ1v) is 31.6. The lowest BCUT2D eigenvalue weighted by molar-refractivity contribution is 1.27. The average molecular weight is 1290 g/mol. The maximum absolute atomic E-state index is 3.55. The van der Waals surface area contributed by atoms with Crippen molar-refractivity contribution in [3.05, 3.63) is 391 Å². The minimum Gasteiger partial charge on any atom is -0.356 e. The maximum Gasteiger partial charge on any atom is 0.0540 e. The number of fused-ring (bicyclic) bond motifs is 5. The zero-order valence-corrected chi connectivity index (χ0v) is 52.6. The molecule has 90 heavy (non-hydrogen) atoms. The Morgan fingerprint density at radius 2 is 0.456 bits per heavy atom. The average Bonchev–Trinajstić information content (AvgIpc) is 2.00. The van der Waals surface area contributed by atoms with Gasteiger partial charge in [0.25, 0.3) is 0 Å². The molecule has 0 saturated carbocycles. The molecule has 0 radical (unpaired) electrons. The number of halogens is 2. The molecule has 0 aromatic heterocycles. The van der Waals surface area contributed by atoms with Gasteiger partial charge in [-0.25, -0.2) is 0 Å². The summed E-state index contributed by atoms with van der Waals surface area (Å²) in [5.74, 6) is 0. The first kappa shape index (κ1) is 59.6. The van der Waals surface area contributed by atoms with Crippen LogP contribution in [-0.4, -0.2) is 0 Å². The van der Waals surface area contributed by atoms with Crippen LogP contribution in [0.1, 0.15) is 0 Å². The number of para-hydroxylation sites is 11. The molecule has 6 heteroatoms. The molecule has 14 aromatic rings. The molecule has 15 rings (SSSR count). The predicted octanol–water partition coefficient (Wildman–Crippen LogP) is 25.4. The number of benzene rings is 14. The van der Waals surface area contributed by atoms with Gasteiger partial charge in [-0.05, 0) is 144 Å². The Hall–Kier alpha value is -10.8. The van der Waals surface area contributed by atoms with E-state index in [0.717, 1.165) is 65.6 Å². The van der Waals surface area contributed by atoms with Gasteiger partial charge in [0.2, 0.25) is 0 Å². The number of nitrogens with zero attached hydrogens (tertiary/aromatic N) is 3. The SMILES string of the molecule is Brc1ccccc1-c1ccccc1Br.c1ccc(N(c2ccccc2)c2ccccc2-c2ccccc2N(c2ccccc2)c2ccccc2)cc1.c1ccc(N2c3ccccc3-c3ccccc3-c3ccccc32)cc1.c1ccc(Nc2ccccc2)cc1. The van der Waals surface area contributed by atoms with E-state index >= 15 is 0 Å². The maximum atomic E-state index is 3.55. The zero-order valence-electron chi connectivity index (χ0n) is 49.5. The van der Waals surface area contributed by atoms with Gasteiger partial charge in [0, 0.05) is 71.0 Å². The van der Waals surface area contributed by atoms with Crippen LogP contribution in [0.4, 0.5) is 62.6 Å². The van der Waals surface area contributed by atoms with Crippen molar-refractivity contribution in [3.8, 4) is 44.5 Å². The normalized spacial score (nSPS) is 10.8. The first-order valence-electron chi connectivity index (χ1n) is 30.1. The third kappa shape index (κ3) is 14.1. The Bertz CT molecular complexity index is 4180. The molecule has 0 aliphatic carbocycles. The van der Waals surface area contributed by atoms with Gasteiger partial charge in [0.15, 0.2) is 0 Å². The molecule has 14 aromatic carbocycles. The first-order chi connectivity index (χ1) is 44.6. The van der Waals surface area contributed by atoms with Crippen molar-refractivity contribution in [2.45, 2.75) is 0 Å². The van der Waals surface area contributed by atoms with Crippen LogP contribution in [0.5, 0.6) is 0 Å². The van der Waals surface area contributed by atoms with Crippen molar-refractivity contribution >= 4 is 94.4 Å². The number of hydrogen-bond acceptors (Lipinski definition) is 4. The van der Waals surface area contributed by atoms with Gasteiger partial charge in [-0.2, -0.15) is 0 Å². The molecule has 0 bridgehead atoms. The molecule has 1 heterocycles. The molecule has 434 valence electrons. The highest BCUT2D eigenvalue weighted by Gasteiger charge is 2.26. The lowest BCUT2D eigenvalue weighted by Gasteiger charge is -2.31. The Balaban J connectivity index is 0.000000128. The molecule has 0 fully saturated rings. The summed E-state index contributed by atoms with van der Waals surface area (Å²) < 4.78 is 2.24. The summed E-state index contributed by atoms with van der Waals surface area (Å²) in [5.41, 5.74) is 22.4. The Kier molecular flexibility index (Phi) is 19.7. The van der Waals surface area contributed by atoms with E-state index in [9.17, 15) is 0 Å². The highest BCUT2D eigenvalue weighted by atomic mass is 79.9. The van der Waals surface area contributed by atoms with Crippen molar-refractivity contribution in [1.29, 1.82) is 0 Å². The molecule has 0 spiro atoms. The van der Waals surface area contributed by atoms with E-state index in [1.54, 1.807) is 0 Å². The van der Waals surface area contributed by atoms with Crippen LogP contribution in [0.25, 0.3) is 44.5 Å². The van der Waals surface area contributed by atoms with Crippen molar-refractivity contribution in [2.75, 3.05) is 20.0 Å². The molecule has 1 aliphatic rings. The van der Waals surface area contributed by atoms with Crippen molar-refractivity contribution < 1.29 is 0 Å². The van der Waals surface area contributed by atoms with E-state index in [1.807, 2.05) is 84.9 Å². The van der Waals surface area contributed by atoms with Crippen LogP contribution in [0.3, 0.4) is 0 Å². The van der Waals surface area contributed by atoms with Crippen molar-refractivity contribution in [1.82, 2.24) is 0 Å². The zero-order chi connectivity index (χ0) is 61.1. The molecular formula is C84H64Br2N4. The van der Waals surface area contributed by atoms with Gasteiger partial charge < -0.3 is 20.0 Å². The van der Waals surface area contributed by atoms with Crippen molar-refractivity contribution in [2.24, 2.45) is 0 Å². The molecule has 1 N–H and O–H groups in total. The molecule has 0 saturated heterocycles. The molecule has 4 nitrogen and oxygen atoms in total. The monoisotopic (exact) mass is 1290 g/mol. The second kappa shape index (κ2) is 29.8. The van der Waals surface area contributed by atoms with E-state index in [4.69, 9.17) is 0 Å². The smallest absolute Gasteiger partial charge is 0.0540 e. The largest absolute Gasteiger partial charge is 0.356 e. The van der Waals surface area contributed by atoms with E-state index < -0.39 is 0 Å². The van der Waals surface area contributed by atoms with Gasteiger partial charge in [-0.3, -0.25) is 0 Å². The summed E-state index contributed by atoms with van der Waals surface area (Å²) in [6.45, 7) is 0. The third-order valence-electron chi connectivity index (χ3n) is 15.3. The fraction of sp³-hybridized carbons (Fsp3) is 0. The van der Waals surface area contributed by atoms with Crippen LogP contribution in [0, 0.1) is 0 Å². The van der Waals surface area contributed by atoms with E-state index in [2.05, 4.69) is 349 Å². The number of rotatable bonds is 11. The standard InChI is InChI=1S/C36H28N2.C24H17N.C12H8Br2.C12H11N/c1-5-17-29(18-6-1)37(30-19-7-2-8-20-30)35-27-15-13-25-33(35)34-26-14-16-28-36(34)38(31-21-9-3-10-22-31)32-23-11-4-12-24-32;1-2-10-18(11-3-1)25-23-16-8-6-14-21(23)19-12-4-5-13-20(19)22-15-7-9-17-24(22)25;13-11-7-3-1-5-9(11)10-6-2-4-8-12(10)14;1-3-7-11(8-4-1)13-12-9-5-2-6-10-12/h1-28H;1-17H;1-8H;1-10,13H. The van der Waals surface area contributed by atoms with Crippen LogP contribution in [-0.2, 0) is 0 Å². The van der Waals surface area contributed by atoms with Gasteiger partial charge >= 0.3 is 0 Å². The molecule has 0 atom stereocenters. The molecule has 0 unspecified atom stereocenters. The van der Waals surface area contributed by atoms with Crippen LogP contribution < -0.4 is 20.0 Å². The fourth-order valence-electron chi connectivity index (χ4n) is 11.3. The molecular weight excluding hydrogens is 1220 g/mol. The van der Waals surface area contributed by atoms with Gasteiger partial charge in [-0.1, -0.05) is 293 Å². The number of hydrogen-bond donors (Lipinski definition) is 1. The fourth-order valence-corrected chi connectivity index (χ4v) is 12.3. The van der Waals surface area contributed by atoms with Crippen molar-refractivity contribution in [3.63, 3.8) is 0 Å². The predicted molar refractivity (Wildman–Crippen MR) is 390 cm³/mol. The molecule has 1 aliphatic heterocycles. The quantitative estimate of drug-likeness (QED) is 0.139. The molecule has 0 amide bonds. The summed E-state index contributed by atoms with van der Waals surface area (Å²) >= 11 is 7.09. The summed E-state index contributed by atoms with van der Waals surface area (Å²) in [4.78, 5) is 7.04.